The summed E-state index contributed by atoms with van der Waals surface area (Å²) in [4.78, 5) is 16.5. The summed E-state index contributed by atoms with van der Waals surface area (Å²) in [7, 11) is 0. The van der Waals surface area contributed by atoms with Crippen molar-refractivity contribution in [3.05, 3.63) is 36.5 Å². The lowest BCUT2D eigenvalue weighted by Crippen LogP contribution is -2.45. The van der Waals surface area contributed by atoms with E-state index in [1.165, 1.54) is 0 Å². The molecule has 1 amide bonds. The molecule has 2 aromatic rings. The van der Waals surface area contributed by atoms with Crippen molar-refractivity contribution in [2.45, 2.75) is 25.8 Å². The molecular formula is C16H20ClN3O. The summed E-state index contributed by atoms with van der Waals surface area (Å²) >= 11 is 0. The summed E-state index contributed by atoms with van der Waals surface area (Å²) in [5, 5.41) is 7.31. The highest BCUT2D eigenvalue weighted by molar-refractivity contribution is 5.96. The Hall–Kier alpha value is -1.65. The minimum absolute atomic E-state index is 0. The number of nitrogens with one attached hydrogen (secondary N) is 2. The number of pyridine rings is 1. The molecule has 1 aliphatic rings. The van der Waals surface area contributed by atoms with E-state index < -0.39 is 0 Å². The molecule has 2 atom stereocenters. The van der Waals surface area contributed by atoms with Gasteiger partial charge in [0.2, 0.25) is 5.91 Å². The summed E-state index contributed by atoms with van der Waals surface area (Å²) in [5.74, 6) is 0.660. The summed E-state index contributed by atoms with van der Waals surface area (Å²) in [6.45, 7) is 3.11. The van der Waals surface area contributed by atoms with Gasteiger partial charge in [-0.25, -0.2) is 0 Å². The molecule has 2 N–H and O–H groups in total. The number of amides is 1. The Bertz CT molecular complexity index is 632. The zero-order valence-electron chi connectivity index (χ0n) is 12.0. The number of carbonyl (C=O) groups is 1. The molecule has 0 spiro atoms. The number of nitrogens with zero attached hydrogens (tertiary/aromatic N) is 1. The minimum atomic E-state index is -0.0802. The van der Waals surface area contributed by atoms with Crippen molar-refractivity contribution in [3.8, 4) is 0 Å². The van der Waals surface area contributed by atoms with Crippen LogP contribution in [0, 0.1) is 5.92 Å². The van der Waals surface area contributed by atoms with Gasteiger partial charge in [0.15, 0.2) is 0 Å². The number of carbonyl (C=O) groups excluding carboxylic acids is 1. The molecule has 21 heavy (non-hydrogen) atoms. The zero-order chi connectivity index (χ0) is 13.9. The van der Waals surface area contributed by atoms with Crippen LogP contribution in [0.15, 0.2) is 36.5 Å². The second-order valence-corrected chi connectivity index (χ2v) is 5.54. The van der Waals surface area contributed by atoms with Crippen LogP contribution in [0.4, 0.5) is 5.69 Å². The van der Waals surface area contributed by atoms with Crippen LogP contribution in [-0.4, -0.2) is 23.5 Å². The van der Waals surface area contributed by atoms with Crippen molar-refractivity contribution in [2.75, 3.05) is 11.9 Å². The van der Waals surface area contributed by atoms with E-state index in [9.17, 15) is 4.79 Å². The van der Waals surface area contributed by atoms with Gasteiger partial charge in [0.1, 0.15) is 0 Å². The normalized spacial score (nSPS) is 21.6. The third kappa shape index (κ3) is 3.71. The van der Waals surface area contributed by atoms with Gasteiger partial charge in [-0.2, -0.15) is 0 Å². The molecule has 4 nitrogen and oxygen atoms in total. The lowest BCUT2D eigenvalue weighted by molar-refractivity contribution is -0.119. The number of fused-ring (bicyclic) bond motifs is 1. The zero-order valence-corrected chi connectivity index (χ0v) is 12.8. The summed E-state index contributed by atoms with van der Waals surface area (Å²) in [6, 6.07) is 9.62. The molecule has 1 saturated heterocycles. The molecule has 1 aromatic heterocycles. The van der Waals surface area contributed by atoms with Crippen LogP contribution in [0.2, 0.25) is 0 Å². The van der Waals surface area contributed by atoms with Gasteiger partial charge in [0, 0.05) is 17.3 Å². The Balaban J connectivity index is 0.00000161. The van der Waals surface area contributed by atoms with E-state index in [-0.39, 0.29) is 24.4 Å². The maximum Gasteiger partial charge on any atom is 0.241 e. The Kier molecular flexibility index (Phi) is 5.15. The fourth-order valence-corrected chi connectivity index (χ4v) is 2.69. The fourth-order valence-electron chi connectivity index (χ4n) is 2.69. The molecular weight excluding hydrogens is 286 g/mol. The van der Waals surface area contributed by atoms with Gasteiger partial charge in [-0.15, -0.1) is 12.4 Å². The van der Waals surface area contributed by atoms with Crippen LogP contribution >= 0.6 is 12.4 Å². The first kappa shape index (κ1) is 15.7. The molecule has 2 heterocycles. The topological polar surface area (TPSA) is 54.0 Å². The van der Waals surface area contributed by atoms with E-state index in [4.69, 9.17) is 0 Å². The predicted molar refractivity (Wildman–Crippen MR) is 87.8 cm³/mol. The van der Waals surface area contributed by atoms with Crippen molar-refractivity contribution in [1.82, 2.24) is 10.3 Å². The highest BCUT2D eigenvalue weighted by atomic mass is 35.5. The molecule has 1 aliphatic heterocycles. The number of aromatic nitrogens is 1. The highest BCUT2D eigenvalue weighted by Crippen LogP contribution is 2.19. The molecule has 2 unspecified atom stereocenters. The van der Waals surface area contributed by atoms with Crippen LogP contribution in [0.5, 0.6) is 0 Å². The predicted octanol–water partition coefficient (Wildman–Crippen LogP) is 2.98. The van der Waals surface area contributed by atoms with Crippen LogP contribution in [0.25, 0.3) is 10.9 Å². The molecule has 112 valence electrons. The molecule has 3 rings (SSSR count). The fraction of sp³-hybridized carbons (Fsp3) is 0.375. The molecule has 1 fully saturated rings. The molecule has 5 heteroatoms. The standard InChI is InChI=1S/C16H19N3O.ClH/c1-11-6-8-18-15(9-11)16(20)19-13-4-5-14-12(10-13)3-2-7-17-14;/h2-5,7,10-11,15,18H,6,8-9H2,1H3,(H,19,20);1H. The third-order valence-electron chi connectivity index (χ3n) is 3.85. The molecule has 0 radical (unpaired) electrons. The van der Waals surface area contributed by atoms with E-state index >= 15 is 0 Å². The van der Waals surface area contributed by atoms with Gasteiger partial charge in [0.05, 0.1) is 11.6 Å². The first-order chi connectivity index (χ1) is 9.72. The number of piperidine rings is 1. The monoisotopic (exact) mass is 305 g/mol. The number of halogens is 1. The molecule has 1 aromatic carbocycles. The van der Waals surface area contributed by atoms with Crippen LogP contribution in [0.1, 0.15) is 19.8 Å². The van der Waals surface area contributed by atoms with Crippen molar-refractivity contribution in [3.63, 3.8) is 0 Å². The van der Waals surface area contributed by atoms with E-state index in [1.807, 2.05) is 30.3 Å². The maximum atomic E-state index is 12.3. The highest BCUT2D eigenvalue weighted by Gasteiger charge is 2.24. The Morgan fingerprint density at radius 3 is 3.05 bits per heavy atom. The average molecular weight is 306 g/mol. The lowest BCUT2D eigenvalue weighted by Gasteiger charge is -2.27. The van der Waals surface area contributed by atoms with E-state index in [1.54, 1.807) is 6.20 Å². The third-order valence-corrected chi connectivity index (χ3v) is 3.85. The largest absolute Gasteiger partial charge is 0.325 e. The first-order valence-electron chi connectivity index (χ1n) is 7.11. The summed E-state index contributed by atoms with van der Waals surface area (Å²) in [5.41, 5.74) is 1.77. The Morgan fingerprint density at radius 1 is 1.38 bits per heavy atom. The van der Waals surface area contributed by atoms with Gasteiger partial charge in [0.25, 0.3) is 0 Å². The van der Waals surface area contributed by atoms with Crippen molar-refractivity contribution < 1.29 is 4.79 Å². The van der Waals surface area contributed by atoms with E-state index in [0.717, 1.165) is 36.0 Å². The van der Waals surface area contributed by atoms with Crippen molar-refractivity contribution in [2.24, 2.45) is 5.92 Å². The maximum absolute atomic E-state index is 12.3. The number of hydrogen-bond donors (Lipinski definition) is 2. The second kappa shape index (κ2) is 6.87. The van der Waals surface area contributed by atoms with E-state index in [2.05, 4.69) is 22.5 Å². The molecule has 0 saturated carbocycles. The van der Waals surface area contributed by atoms with Gasteiger partial charge in [-0.3, -0.25) is 9.78 Å². The van der Waals surface area contributed by atoms with Gasteiger partial charge in [-0.05, 0) is 49.6 Å². The number of anilines is 1. The van der Waals surface area contributed by atoms with Crippen LogP contribution in [0.3, 0.4) is 0 Å². The number of rotatable bonds is 2. The number of benzene rings is 1. The van der Waals surface area contributed by atoms with E-state index in [0.29, 0.717) is 5.92 Å². The molecule has 0 aliphatic carbocycles. The lowest BCUT2D eigenvalue weighted by atomic mass is 9.94. The first-order valence-corrected chi connectivity index (χ1v) is 7.11. The van der Waals surface area contributed by atoms with Crippen molar-refractivity contribution >= 4 is 34.9 Å². The van der Waals surface area contributed by atoms with Crippen LogP contribution in [-0.2, 0) is 4.79 Å². The summed E-state index contributed by atoms with van der Waals surface area (Å²) < 4.78 is 0. The minimum Gasteiger partial charge on any atom is -0.325 e. The quantitative estimate of drug-likeness (QED) is 0.897. The number of hydrogen-bond acceptors (Lipinski definition) is 3. The Morgan fingerprint density at radius 2 is 2.24 bits per heavy atom. The average Bonchev–Trinajstić information content (AvgIpc) is 2.47. The summed E-state index contributed by atoms with van der Waals surface area (Å²) in [6.07, 6.45) is 3.82. The Labute approximate surface area is 130 Å². The molecule has 0 bridgehead atoms. The van der Waals surface area contributed by atoms with Gasteiger partial charge in [-0.1, -0.05) is 13.0 Å². The van der Waals surface area contributed by atoms with Crippen molar-refractivity contribution in [1.29, 1.82) is 0 Å². The SMILES string of the molecule is CC1CCNC(C(=O)Nc2ccc3ncccc3c2)C1.Cl. The van der Waals surface area contributed by atoms with Gasteiger partial charge >= 0.3 is 0 Å². The second-order valence-electron chi connectivity index (χ2n) is 5.54. The van der Waals surface area contributed by atoms with Crippen LogP contribution < -0.4 is 10.6 Å². The van der Waals surface area contributed by atoms with Gasteiger partial charge < -0.3 is 10.6 Å². The smallest absolute Gasteiger partial charge is 0.241 e.